The van der Waals surface area contributed by atoms with Gasteiger partial charge in [0.05, 0.1) is 0 Å². The van der Waals surface area contributed by atoms with E-state index in [1.165, 1.54) is 36.0 Å². The SMILES string of the molecule is O=C(CCN1CCSC1=O)Nc1ccc(F)cc1. The van der Waals surface area contributed by atoms with E-state index in [0.29, 0.717) is 18.8 Å². The Morgan fingerprint density at radius 3 is 2.72 bits per heavy atom. The van der Waals surface area contributed by atoms with Gasteiger partial charge in [0, 0.05) is 31.0 Å². The van der Waals surface area contributed by atoms with Crippen LogP contribution in [-0.4, -0.2) is 34.9 Å². The summed E-state index contributed by atoms with van der Waals surface area (Å²) in [6, 6.07) is 5.58. The van der Waals surface area contributed by atoms with Crippen LogP contribution in [0.4, 0.5) is 14.9 Å². The van der Waals surface area contributed by atoms with E-state index < -0.39 is 0 Å². The standard InChI is InChI=1S/C12H13FN2O2S/c13-9-1-3-10(4-2-9)14-11(16)5-6-15-7-8-18-12(15)17/h1-4H,5-8H2,(H,14,16). The summed E-state index contributed by atoms with van der Waals surface area (Å²) in [6.07, 6.45) is 0.254. The molecule has 0 aliphatic carbocycles. The van der Waals surface area contributed by atoms with Crippen molar-refractivity contribution in [1.29, 1.82) is 0 Å². The lowest BCUT2D eigenvalue weighted by molar-refractivity contribution is -0.116. The van der Waals surface area contributed by atoms with Crippen molar-refractivity contribution in [2.45, 2.75) is 6.42 Å². The van der Waals surface area contributed by atoms with Crippen LogP contribution in [0.15, 0.2) is 24.3 Å². The maximum absolute atomic E-state index is 12.7. The highest BCUT2D eigenvalue weighted by Gasteiger charge is 2.21. The second kappa shape index (κ2) is 5.86. The Balaban J connectivity index is 1.78. The minimum atomic E-state index is -0.340. The van der Waals surface area contributed by atoms with Crippen LogP contribution in [0, 0.1) is 5.82 Å². The predicted octanol–water partition coefficient (Wildman–Crippen LogP) is 2.32. The topological polar surface area (TPSA) is 49.4 Å². The second-order valence-corrected chi connectivity index (χ2v) is 4.95. The van der Waals surface area contributed by atoms with Gasteiger partial charge in [0.25, 0.3) is 5.24 Å². The van der Waals surface area contributed by atoms with Crippen molar-refractivity contribution in [1.82, 2.24) is 4.90 Å². The van der Waals surface area contributed by atoms with Crippen molar-refractivity contribution < 1.29 is 14.0 Å². The van der Waals surface area contributed by atoms with E-state index in [4.69, 9.17) is 0 Å². The van der Waals surface area contributed by atoms with Gasteiger partial charge >= 0.3 is 0 Å². The zero-order valence-electron chi connectivity index (χ0n) is 9.69. The average molecular weight is 268 g/mol. The molecule has 0 unspecified atom stereocenters. The molecule has 6 heteroatoms. The van der Waals surface area contributed by atoms with Crippen LogP contribution in [-0.2, 0) is 4.79 Å². The van der Waals surface area contributed by atoms with Gasteiger partial charge in [-0.05, 0) is 24.3 Å². The van der Waals surface area contributed by atoms with E-state index in [-0.39, 0.29) is 23.4 Å². The van der Waals surface area contributed by atoms with Gasteiger partial charge in [0.2, 0.25) is 5.91 Å². The van der Waals surface area contributed by atoms with Crippen molar-refractivity contribution in [3.05, 3.63) is 30.1 Å². The highest BCUT2D eigenvalue weighted by atomic mass is 32.2. The quantitative estimate of drug-likeness (QED) is 0.911. The molecule has 2 amide bonds. The number of hydrogen-bond acceptors (Lipinski definition) is 3. The maximum atomic E-state index is 12.7. The lowest BCUT2D eigenvalue weighted by Crippen LogP contribution is -2.27. The third-order valence-corrected chi connectivity index (χ3v) is 3.47. The Kier molecular flexibility index (Phi) is 4.19. The molecule has 1 fully saturated rings. The number of carbonyl (C=O) groups is 2. The van der Waals surface area contributed by atoms with E-state index in [0.717, 1.165) is 5.75 Å². The van der Waals surface area contributed by atoms with Gasteiger partial charge in [0.1, 0.15) is 5.82 Å². The van der Waals surface area contributed by atoms with Crippen molar-refractivity contribution in [2.24, 2.45) is 0 Å². The number of amides is 2. The largest absolute Gasteiger partial charge is 0.332 e. The zero-order valence-corrected chi connectivity index (χ0v) is 10.5. The number of nitrogens with zero attached hydrogens (tertiary/aromatic N) is 1. The number of anilines is 1. The van der Waals surface area contributed by atoms with Crippen molar-refractivity contribution in [3.8, 4) is 0 Å². The van der Waals surface area contributed by atoms with Gasteiger partial charge < -0.3 is 10.2 Å². The highest BCUT2D eigenvalue weighted by molar-refractivity contribution is 8.13. The number of hydrogen-bond donors (Lipinski definition) is 1. The normalized spacial score (nSPS) is 14.9. The van der Waals surface area contributed by atoms with Gasteiger partial charge in [-0.2, -0.15) is 0 Å². The van der Waals surface area contributed by atoms with Gasteiger partial charge in [-0.25, -0.2) is 4.39 Å². The lowest BCUT2D eigenvalue weighted by atomic mass is 10.3. The minimum absolute atomic E-state index is 0.0320. The minimum Gasteiger partial charge on any atom is -0.332 e. The molecule has 1 aromatic rings. The van der Waals surface area contributed by atoms with Gasteiger partial charge in [-0.3, -0.25) is 9.59 Å². The van der Waals surface area contributed by atoms with E-state index in [1.807, 2.05) is 0 Å². The molecule has 1 saturated heterocycles. The fourth-order valence-electron chi connectivity index (χ4n) is 1.62. The fourth-order valence-corrected chi connectivity index (χ4v) is 2.47. The summed E-state index contributed by atoms with van der Waals surface area (Å²) in [5.41, 5.74) is 0.559. The summed E-state index contributed by atoms with van der Waals surface area (Å²) >= 11 is 1.28. The smallest absolute Gasteiger partial charge is 0.281 e. The van der Waals surface area contributed by atoms with E-state index in [9.17, 15) is 14.0 Å². The first-order valence-electron chi connectivity index (χ1n) is 5.62. The van der Waals surface area contributed by atoms with Crippen molar-refractivity contribution >= 4 is 28.6 Å². The maximum Gasteiger partial charge on any atom is 0.281 e. The molecule has 1 N–H and O–H groups in total. The first kappa shape index (κ1) is 12.9. The fraction of sp³-hybridized carbons (Fsp3) is 0.333. The van der Waals surface area contributed by atoms with Gasteiger partial charge in [-0.1, -0.05) is 11.8 Å². The first-order chi connectivity index (χ1) is 8.65. The van der Waals surface area contributed by atoms with Crippen LogP contribution in [0.25, 0.3) is 0 Å². The summed E-state index contributed by atoms with van der Waals surface area (Å²) < 4.78 is 12.7. The summed E-state index contributed by atoms with van der Waals surface area (Å²) in [5.74, 6) is 0.275. The number of benzene rings is 1. The Morgan fingerprint density at radius 2 is 2.11 bits per heavy atom. The van der Waals surface area contributed by atoms with E-state index in [1.54, 1.807) is 4.90 Å². The summed E-state index contributed by atoms with van der Waals surface area (Å²) in [4.78, 5) is 24.6. The van der Waals surface area contributed by atoms with Gasteiger partial charge in [-0.15, -0.1) is 0 Å². The molecule has 0 atom stereocenters. The Hall–Kier alpha value is -1.56. The molecule has 1 aliphatic heterocycles. The molecule has 96 valence electrons. The van der Waals surface area contributed by atoms with Crippen LogP contribution in [0.1, 0.15) is 6.42 Å². The van der Waals surface area contributed by atoms with Crippen molar-refractivity contribution in [2.75, 3.05) is 24.2 Å². The van der Waals surface area contributed by atoms with E-state index >= 15 is 0 Å². The average Bonchev–Trinajstić information content (AvgIpc) is 2.75. The van der Waals surface area contributed by atoms with Crippen LogP contribution in [0.2, 0.25) is 0 Å². The van der Waals surface area contributed by atoms with E-state index in [2.05, 4.69) is 5.32 Å². The number of thioether (sulfide) groups is 1. The lowest BCUT2D eigenvalue weighted by Gasteiger charge is -2.13. The van der Waals surface area contributed by atoms with Crippen molar-refractivity contribution in [3.63, 3.8) is 0 Å². The number of nitrogens with one attached hydrogen (secondary N) is 1. The molecule has 1 heterocycles. The number of carbonyl (C=O) groups excluding carboxylic acids is 2. The molecule has 1 aromatic carbocycles. The molecule has 0 radical (unpaired) electrons. The molecule has 4 nitrogen and oxygen atoms in total. The third-order valence-electron chi connectivity index (χ3n) is 2.58. The second-order valence-electron chi connectivity index (χ2n) is 3.91. The zero-order chi connectivity index (χ0) is 13.0. The number of halogens is 1. The monoisotopic (exact) mass is 268 g/mol. The highest BCUT2D eigenvalue weighted by Crippen LogP contribution is 2.17. The Morgan fingerprint density at radius 1 is 1.39 bits per heavy atom. The molecule has 0 bridgehead atoms. The molecule has 1 aliphatic rings. The van der Waals surface area contributed by atoms with Gasteiger partial charge in [0.15, 0.2) is 0 Å². The molecule has 0 aromatic heterocycles. The summed E-state index contributed by atoms with van der Waals surface area (Å²) in [7, 11) is 0. The molecule has 2 rings (SSSR count). The predicted molar refractivity (Wildman–Crippen MR) is 69.1 cm³/mol. The first-order valence-corrected chi connectivity index (χ1v) is 6.61. The van der Waals surface area contributed by atoms with Crippen LogP contribution in [0.5, 0.6) is 0 Å². The Bertz CT molecular complexity index is 450. The third kappa shape index (κ3) is 3.46. The molecular formula is C12H13FN2O2S. The van der Waals surface area contributed by atoms with Crippen LogP contribution >= 0.6 is 11.8 Å². The molecule has 18 heavy (non-hydrogen) atoms. The van der Waals surface area contributed by atoms with Crippen LogP contribution < -0.4 is 5.32 Å². The summed E-state index contributed by atoms with van der Waals surface area (Å²) in [6.45, 7) is 1.13. The summed E-state index contributed by atoms with van der Waals surface area (Å²) in [5, 5.41) is 2.69. The molecule has 0 saturated carbocycles. The molecular weight excluding hydrogens is 255 g/mol. The number of rotatable bonds is 4. The van der Waals surface area contributed by atoms with Crippen LogP contribution in [0.3, 0.4) is 0 Å². The Labute approximate surface area is 109 Å². The molecule has 0 spiro atoms.